The molecule has 0 amide bonds. The normalized spacial score (nSPS) is 33.2. The predicted molar refractivity (Wildman–Crippen MR) is 225 cm³/mol. The minimum atomic E-state index is -2.90. The van der Waals surface area contributed by atoms with Gasteiger partial charge in [-0.2, -0.15) is 0 Å². The van der Waals surface area contributed by atoms with E-state index in [1.54, 1.807) is 24.3 Å². The SMILES string of the molecule is CC(=O)OC[C@]12[C@H](OC(C)=O)[C@H](OC(C)=O)[C@@H]3[C@@H](OC(=O)c4ccccc4)[C@@]14O[C@@]3(C)COC(=O)c1cccnc1CCC(C)C(=O)O[C@@H]([C@H](OC(C)=O)[C@@H]2OC(=O)c1ccccc1)[C@]4(C)O. The summed E-state index contributed by atoms with van der Waals surface area (Å²) >= 11 is 0. The van der Waals surface area contributed by atoms with Gasteiger partial charge >= 0.3 is 47.8 Å². The van der Waals surface area contributed by atoms with Gasteiger partial charge in [0.2, 0.25) is 0 Å². The van der Waals surface area contributed by atoms with Crippen LogP contribution in [0, 0.1) is 17.3 Å². The number of pyridine rings is 1. The van der Waals surface area contributed by atoms with Gasteiger partial charge in [0.05, 0.1) is 34.2 Å². The highest BCUT2D eigenvalue weighted by Gasteiger charge is 2.92. The van der Waals surface area contributed by atoms with Crippen molar-refractivity contribution in [3.05, 3.63) is 101 Å². The van der Waals surface area contributed by atoms with Gasteiger partial charge in [-0.05, 0) is 63.1 Å². The van der Waals surface area contributed by atoms with Gasteiger partial charge in [-0.1, -0.05) is 43.3 Å². The molecule has 19 nitrogen and oxygen atoms in total. The summed E-state index contributed by atoms with van der Waals surface area (Å²) < 4.78 is 56.5. The number of esters is 8. The third-order valence-electron chi connectivity index (χ3n) is 13.0. The lowest BCUT2D eigenvalue weighted by atomic mass is 9.45. The Bertz CT molecular complexity index is 2440. The topological polar surface area (TPSA) is 253 Å². The number of aliphatic hydroxyl groups is 1. The molecule has 12 atom stereocenters. The first kappa shape index (κ1) is 48.2. The van der Waals surface area contributed by atoms with Gasteiger partial charge in [0, 0.05) is 33.9 Å². The zero-order valence-corrected chi connectivity index (χ0v) is 37.8. The molecule has 1 saturated heterocycles. The van der Waals surface area contributed by atoms with Crippen molar-refractivity contribution in [2.45, 2.75) is 115 Å². The Labute approximate surface area is 384 Å². The first-order valence-electron chi connectivity index (χ1n) is 21.6. The molecule has 2 aliphatic carbocycles. The second-order valence-corrected chi connectivity index (χ2v) is 17.6. The number of rotatable bonds is 9. The number of ether oxygens (including phenoxy) is 9. The fourth-order valence-electron chi connectivity index (χ4n) is 10.3. The third-order valence-corrected chi connectivity index (χ3v) is 13.0. The minimum absolute atomic E-state index is 0.0137. The van der Waals surface area contributed by atoms with E-state index in [2.05, 4.69) is 4.98 Å². The number of hydrogen-bond acceptors (Lipinski definition) is 19. The highest BCUT2D eigenvalue weighted by molar-refractivity contribution is 5.91. The van der Waals surface area contributed by atoms with E-state index in [9.17, 15) is 43.5 Å². The summed E-state index contributed by atoms with van der Waals surface area (Å²) in [5.41, 5.74) is -10.5. The molecule has 67 heavy (non-hydrogen) atoms. The monoisotopic (exact) mass is 929 g/mol. The van der Waals surface area contributed by atoms with Gasteiger partial charge in [-0.15, -0.1) is 0 Å². The van der Waals surface area contributed by atoms with Crippen molar-refractivity contribution in [3.8, 4) is 0 Å². The van der Waals surface area contributed by atoms with Crippen LogP contribution in [0.25, 0.3) is 0 Å². The van der Waals surface area contributed by atoms with Crippen molar-refractivity contribution >= 4 is 47.8 Å². The number of cyclic esters (lactones) is 1. The summed E-state index contributed by atoms with van der Waals surface area (Å²) in [6, 6.07) is 17.9. The zero-order valence-electron chi connectivity index (χ0n) is 37.8. The molecule has 0 radical (unpaired) electrons. The summed E-state index contributed by atoms with van der Waals surface area (Å²) in [6.45, 7) is 6.13. The quantitative estimate of drug-likeness (QED) is 0.238. The molecule has 2 aromatic carbocycles. The highest BCUT2D eigenvalue weighted by Crippen LogP contribution is 2.70. The summed E-state index contributed by atoms with van der Waals surface area (Å²) in [5, 5.41) is 13.9. The molecule has 3 aromatic rings. The van der Waals surface area contributed by atoms with E-state index in [0.29, 0.717) is 0 Å². The summed E-state index contributed by atoms with van der Waals surface area (Å²) in [4.78, 5) is 116. The second-order valence-electron chi connectivity index (χ2n) is 17.6. The Morgan fingerprint density at radius 2 is 1.27 bits per heavy atom. The van der Waals surface area contributed by atoms with Crippen LogP contribution >= 0.6 is 0 Å². The lowest BCUT2D eigenvalue weighted by Crippen LogP contribution is -2.89. The van der Waals surface area contributed by atoms with Crippen LogP contribution < -0.4 is 0 Å². The average Bonchev–Trinajstić information content (AvgIpc) is 3.51. The molecule has 1 spiro atoms. The first-order chi connectivity index (χ1) is 31.7. The van der Waals surface area contributed by atoms with E-state index < -0.39 is 132 Å². The van der Waals surface area contributed by atoms with E-state index >= 15 is 0 Å². The molecule has 1 N–H and O–H groups in total. The molecular formula is C48H51NO18. The maximum atomic E-state index is 14.6. The Morgan fingerprint density at radius 1 is 0.716 bits per heavy atom. The maximum absolute atomic E-state index is 14.6. The Kier molecular flexibility index (Phi) is 13.3. The van der Waals surface area contributed by atoms with Crippen LogP contribution in [0.4, 0.5) is 0 Å². The van der Waals surface area contributed by atoms with E-state index in [0.717, 1.165) is 34.6 Å². The van der Waals surface area contributed by atoms with Crippen molar-refractivity contribution < 1.29 is 86.1 Å². The summed E-state index contributed by atoms with van der Waals surface area (Å²) in [6.07, 6.45) is -10.9. The van der Waals surface area contributed by atoms with Gasteiger partial charge in [0.1, 0.15) is 42.0 Å². The molecule has 2 saturated carbocycles. The Morgan fingerprint density at radius 3 is 1.84 bits per heavy atom. The van der Waals surface area contributed by atoms with Gasteiger partial charge in [0.15, 0.2) is 30.0 Å². The average molecular weight is 930 g/mol. The van der Waals surface area contributed by atoms with Crippen LogP contribution in [-0.4, -0.2) is 124 Å². The number of benzene rings is 2. The fraction of sp³-hybridized carbons (Fsp3) is 0.479. The first-order valence-corrected chi connectivity index (χ1v) is 21.6. The molecule has 1 aromatic heterocycles. The van der Waals surface area contributed by atoms with E-state index in [-0.39, 0.29) is 35.2 Å². The van der Waals surface area contributed by atoms with Crippen molar-refractivity contribution in [2.75, 3.05) is 13.2 Å². The number of aromatic nitrogens is 1. The fourth-order valence-corrected chi connectivity index (χ4v) is 10.3. The molecule has 7 rings (SSSR count). The van der Waals surface area contributed by atoms with Crippen molar-refractivity contribution in [3.63, 3.8) is 0 Å². The van der Waals surface area contributed by atoms with E-state index in [1.165, 1.54) is 68.6 Å². The van der Waals surface area contributed by atoms with E-state index in [1.807, 2.05) is 0 Å². The number of fused-ring (bicyclic) bond motifs is 5. The molecular weight excluding hydrogens is 879 g/mol. The van der Waals surface area contributed by atoms with Crippen LogP contribution in [0.15, 0.2) is 79.0 Å². The van der Waals surface area contributed by atoms with Crippen LogP contribution in [0.3, 0.4) is 0 Å². The van der Waals surface area contributed by atoms with Crippen LogP contribution in [0.2, 0.25) is 0 Å². The molecule has 2 aliphatic heterocycles. The van der Waals surface area contributed by atoms with Crippen LogP contribution in [0.5, 0.6) is 0 Å². The Hall–Kier alpha value is -6.73. The highest BCUT2D eigenvalue weighted by atomic mass is 16.7. The Balaban J connectivity index is 1.64. The van der Waals surface area contributed by atoms with Crippen LogP contribution in [0.1, 0.15) is 91.7 Å². The predicted octanol–water partition coefficient (Wildman–Crippen LogP) is 3.45. The maximum Gasteiger partial charge on any atom is 0.340 e. The zero-order chi connectivity index (χ0) is 48.6. The minimum Gasteiger partial charge on any atom is -0.465 e. The molecule has 4 aliphatic rings. The number of nitrogens with zero attached hydrogens (tertiary/aromatic N) is 1. The van der Waals surface area contributed by atoms with Gasteiger partial charge in [-0.25, -0.2) is 14.4 Å². The number of aryl methyl sites for hydroxylation is 1. The summed E-state index contributed by atoms with van der Waals surface area (Å²) in [5.74, 6) is -10.9. The smallest absolute Gasteiger partial charge is 0.340 e. The molecule has 19 heteroatoms. The molecule has 3 fully saturated rings. The van der Waals surface area contributed by atoms with Crippen molar-refractivity contribution in [2.24, 2.45) is 17.3 Å². The lowest BCUT2D eigenvalue weighted by Gasteiger charge is -2.67. The standard InChI is InChI=1S/C48H51NO18/c1-25-20-21-33-32(19-14-22-49-33)44(57)60-23-45(6)34-35(61-27(3)51)39(63-29(5)53)47(24-59-26(2)50)40(66-43(56)31-17-12-9-13-18-31)36(62-28(4)52)38(65-41(25)54)46(7,58)48(47,67-45)37(34)64-42(55)30-15-10-8-11-16-30/h8-19,22,25,34-40,58H,20-21,23-24H2,1-7H3/t25?,34-,35-,36+,37-,38+,39-,40+,45+,46+,47-,48+/m1/s1. The van der Waals surface area contributed by atoms with Crippen molar-refractivity contribution in [1.29, 1.82) is 0 Å². The lowest BCUT2D eigenvalue weighted by molar-refractivity contribution is -0.385. The molecule has 1 unspecified atom stereocenters. The van der Waals surface area contributed by atoms with Gasteiger partial charge < -0.3 is 47.7 Å². The number of carbonyl (C=O) groups is 8. The summed E-state index contributed by atoms with van der Waals surface area (Å²) in [7, 11) is 0. The molecule has 356 valence electrons. The van der Waals surface area contributed by atoms with Gasteiger partial charge in [0.25, 0.3) is 0 Å². The third kappa shape index (κ3) is 8.50. The van der Waals surface area contributed by atoms with E-state index in [4.69, 9.17) is 42.6 Å². The molecule has 4 bridgehead atoms. The van der Waals surface area contributed by atoms with Crippen molar-refractivity contribution in [1.82, 2.24) is 4.98 Å². The number of carbonyl (C=O) groups excluding carboxylic acids is 8. The largest absolute Gasteiger partial charge is 0.465 e. The number of hydrogen-bond donors (Lipinski definition) is 1. The van der Waals surface area contributed by atoms with Gasteiger partial charge in [-0.3, -0.25) is 29.0 Å². The van der Waals surface area contributed by atoms with Crippen LogP contribution in [-0.2, 0) is 73.0 Å². The second kappa shape index (κ2) is 18.5. The molecule has 3 heterocycles.